The summed E-state index contributed by atoms with van der Waals surface area (Å²) in [6, 6.07) is 9.94. The van der Waals surface area contributed by atoms with Gasteiger partial charge in [-0.2, -0.15) is 4.31 Å². The van der Waals surface area contributed by atoms with Crippen LogP contribution >= 0.6 is 0 Å². The summed E-state index contributed by atoms with van der Waals surface area (Å²) in [4.78, 5) is 15.2. The number of methoxy groups -OCH3 is 2. The molecule has 2 aromatic carbocycles. The van der Waals surface area contributed by atoms with Crippen LogP contribution in [0.25, 0.3) is 0 Å². The highest BCUT2D eigenvalue weighted by molar-refractivity contribution is 7.89. The number of rotatable bonds is 5. The van der Waals surface area contributed by atoms with Gasteiger partial charge >= 0.3 is 0 Å². The quantitative estimate of drug-likeness (QED) is 0.682. The number of hydrogen-bond acceptors (Lipinski definition) is 6. The Morgan fingerprint density at radius 1 is 1.00 bits per heavy atom. The third kappa shape index (κ3) is 4.07. The number of nitrogens with zero attached hydrogens (tertiary/aromatic N) is 2. The molecule has 4 rings (SSSR count). The van der Waals surface area contributed by atoms with Crippen LogP contribution in [0, 0.1) is 0 Å². The van der Waals surface area contributed by atoms with Crippen molar-refractivity contribution in [1.82, 2.24) is 9.21 Å². The fraction of sp³-hybridized carbons (Fsp3) is 0.435. The predicted octanol–water partition coefficient (Wildman–Crippen LogP) is 2.48. The lowest BCUT2D eigenvalue weighted by atomic mass is 9.92. The first-order valence-electron chi connectivity index (χ1n) is 10.6. The van der Waals surface area contributed by atoms with Crippen LogP contribution in [-0.4, -0.2) is 70.6 Å². The van der Waals surface area contributed by atoms with Crippen molar-refractivity contribution in [3.8, 4) is 11.5 Å². The monoisotopic (exact) mass is 460 g/mol. The Labute approximate surface area is 188 Å². The van der Waals surface area contributed by atoms with Gasteiger partial charge in [0.2, 0.25) is 10.0 Å². The highest BCUT2D eigenvalue weighted by Gasteiger charge is 2.31. The first-order chi connectivity index (χ1) is 15.4. The molecule has 8 nitrogen and oxygen atoms in total. The summed E-state index contributed by atoms with van der Waals surface area (Å²) in [6.45, 7) is 4.00. The lowest BCUT2D eigenvalue weighted by Crippen LogP contribution is -2.40. The summed E-state index contributed by atoms with van der Waals surface area (Å²) in [5.41, 5.74) is 2.61. The van der Waals surface area contributed by atoms with E-state index < -0.39 is 10.0 Å². The van der Waals surface area contributed by atoms with Crippen LogP contribution in [0.5, 0.6) is 11.5 Å². The molecule has 1 atom stereocenters. The molecule has 0 bridgehead atoms. The molecule has 0 spiro atoms. The third-order valence-electron chi connectivity index (χ3n) is 6.15. The summed E-state index contributed by atoms with van der Waals surface area (Å²) in [5.74, 6) is 1.17. The molecule has 1 fully saturated rings. The Kier molecular flexibility index (Phi) is 6.41. The molecule has 1 saturated heterocycles. The van der Waals surface area contributed by atoms with Crippen molar-refractivity contribution in [2.24, 2.45) is 0 Å². The molecule has 9 heteroatoms. The molecule has 0 aliphatic carbocycles. The van der Waals surface area contributed by atoms with Gasteiger partial charge in [0.25, 0.3) is 5.91 Å². The Bertz CT molecular complexity index is 1090. The zero-order valence-corrected chi connectivity index (χ0v) is 19.4. The second kappa shape index (κ2) is 9.09. The van der Waals surface area contributed by atoms with Crippen LogP contribution in [0.1, 0.15) is 34.5 Å². The van der Waals surface area contributed by atoms with Gasteiger partial charge in [-0.3, -0.25) is 4.79 Å². The molecular weight excluding hydrogens is 432 g/mol. The normalized spacial score (nSPS) is 19.3. The zero-order chi connectivity index (χ0) is 22.9. The number of carbonyl (C=O) groups excluding carboxylic acids is 1. The van der Waals surface area contributed by atoms with E-state index in [0.717, 1.165) is 11.1 Å². The zero-order valence-electron chi connectivity index (χ0n) is 18.5. The van der Waals surface area contributed by atoms with Gasteiger partial charge < -0.3 is 19.1 Å². The van der Waals surface area contributed by atoms with Gasteiger partial charge in [0.05, 0.1) is 38.4 Å². The van der Waals surface area contributed by atoms with Crippen LogP contribution < -0.4 is 9.47 Å². The molecule has 2 aromatic rings. The van der Waals surface area contributed by atoms with Crippen molar-refractivity contribution in [2.45, 2.75) is 24.3 Å². The van der Waals surface area contributed by atoms with Crippen LogP contribution in [0.15, 0.2) is 41.3 Å². The number of ether oxygens (including phenoxy) is 3. The molecule has 0 radical (unpaired) electrons. The Morgan fingerprint density at radius 2 is 1.62 bits per heavy atom. The van der Waals surface area contributed by atoms with E-state index in [9.17, 15) is 13.2 Å². The van der Waals surface area contributed by atoms with Gasteiger partial charge in [-0.05, 0) is 60.9 Å². The summed E-state index contributed by atoms with van der Waals surface area (Å²) in [5, 5.41) is 0. The number of hydrogen-bond donors (Lipinski definition) is 0. The predicted molar refractivity (Wildman–Crippen MR) is 119 cm³/mol. The number of amides is 1. The van der Waals surface area contributed by atoms with Crippen LogP contribution in [0.2, 0.25) is 0 Å². The number of sulfonamides is 1. The maximum atomic E-state index is 13.3. The van der Waals surface area contributed by atoms with Crippen molar-refractivity contribution < 1.29 is 27.4 Å². The molecule has 2 heterocycles. The fourth-order valence-electron chi connectivity index (χ4n) is 4.29. The van der Waals surface area contributed by atoms with E-state index >= 15 is 0 Å². The highest BCUT2D eigenvalue weighted by atomic mass is 32.2. The molecule has 0 unspecified atom stereocenters. The minimum absolute atomic E-state index is 0.131. The lowest BCUT2D eigenvalue weighted by molar-refractivity contribution is 0.0677. The van der Waals surface area contributed by atoms with Gasteiger partial charge in [0, 0.05) is 25.2 Å². The molecule has 2 aliphatic rings. The van der Waals surface area contributed by atoms with E-state index in [1.54, 1.807) is 31.3 Å². The molecule has 172 valence electrons. The summed E-state index contributed by atoms with van der Waals surface area (Å²) in [7, 11) is -0.395. The van der Waals surface area contributed by atoms with Crippen molar-refractivity contribution in [3.05, 3.63) is 53.1 Å². The summed E-state index contributed by atoms with van der Waals surface area (Å²) >= 11 is 0. The topological polar surface area (TPSA) is 85.4 Å². The standard InChI is InChI=1S/C23H28N2O6S/c1-16-20-15-22(30-3)21(29-2)14-18(20)8-9-25(16)23(26)17-4-6-19(7-5-17)32(27,28)24-10-12-31-13-11-24/h4-7,14-16H,8-13H2,1-3H3/t16-/m1/s1. The van der Waals surface area contributed by atoms with E-state index in [-0.39, 0.29) is 16.8 Å². The van der Waals surface area contributed by atoms with Gasteiger partial charge in [0.1, 0.15) is 0 Å². The van der Waals surface area contributed by atoms with E-state index in [0.29, 0.717) is 56.3 Å². The number of benzene rings is 2. The van der Waals surface area contributed by atoms with E-state index in [4.69, 9.17) is 14.2 Å². The highest BCUT2D eigenvalue weighted by Crippen LogP contribution is 2.38. The average Bonchev–Trinajstić information content (AvgIpc) is 2.83. The maximum Gasteiger partial charge on any atom is 0.254 e. The SMILES string of the molecule is COc1cc2c(cc1OC)[C@@H](C)N(C(=O)c1ccc(S(=O)(=O)N3CCOCC3)cc1)CC2. The molecule has 2 aliphatic heterocycles. The second-order valence-electron chi connectivity index (χ2n) is 7.87. The Hall–Kier alpha value is -2.62. The third-order valence-corrected chi connectivity index (χ3v) is 8.07. The summed E-state index contributed by atoms with van der Waals surface area (Å²) < 4.78 is 43.1. The maximum absolute atomic E-state index is 13.3. The largest absolute Gasteiger partial charge is 0.493 e. The van der Waals surface area contributed by atoms with Crippen molar-refractivity contribution in [3.63, 3.8) is 0 Å². The van der Waals surface area contributed by atoms with Crippen molar-refractivity contribution in [2.75, 3.05) is 47.1 Å². The second-order valence-corrected chi connectivity index (χ2v) is 9.81. The lowest BCUT2D eigenvalue weighted by Gasteiger charge is -2.36. The Morgan fingerprint density at radius 3 is 2.25 bits per heavy atom. The van der Waals surface area contributed by atoms with E-state index in [2.05, 4.69) is 0 Å². The molecule has 1 amide bonds. The minimum atomic E-state index is -3.59. The van der Waals surface area contributed by atoms with Gasteiger partial charge in [-0.1, -0.05) is 0 Å². The van der Waals surface area contributed by atoms with E-state index in [1.165, 1.54) is 16.4 Å². The molecule has 0 N–H and O–H groups in total. The Balaban J connectivity index is 1.55. The first kappa shape index (κ1) is 22.6. The van der Waals surface area contributed by atoms with Gasteiger partial charge in [0.15, 0.2) is 11.5 Å². The molecular formula is C23H28N2O6S. The average molecular weight is 461 g/mol. The van der Waals surface area contributed by atoms with E-state index in [1.807, 2.05) is 19.1 Å². The van der Waals surface area contributed by atoms with Crippen molar-refractivity contribution >= 4 is 15.9 Å². The number of morpholine rings is 1. The number of carbonyl (C=O) groups is 1. The first-order valence-corrected chi connectivity index (χ1v) is 12.0. The summed E-state index contributed by atoms with van der Waals surface area (Å²) in [6.07, 6.45) is 0.704. The number of fused-ring (bicyclic) bond motifs is 1. The van der Waals surface area contributed by atoms with Crippen LogP contribution in [-0.2, 0) is 21.2 Å². The van der Waals surface area contributed by atoms with Gasteiger partial charge in [-0.15, -0.1) is 0 Å². The van der Waals surface area contributed by atoms with Crippen molar-refractivity contribution in [1.29, 1.82) is 0 Å². The fourth-order valence-corrected chi connectivity index (χ4v) is 5.70. The van der Waals surface area contributed by atoms with Crippen LogP contribution in [0.3, 0.4) is 0 Å². The van der Waals surface area contributed by atoms with Gasteiger partial charge in [-0.25, -0.2) is 8.42 Å². The molecule has 32 heavy (non-hydrogen) atoms. The van der Waals surface area contributed by atoms with Crippen LogP contribution in [0.4, 0.5) is 0 Å². The molecule has 0 aromatic heterocycles. The molecule has 0 saturated carbocycles. The smallest absolute Gasteiger partial charge is 0.254 e. The minimum Gasteiger partial charge on any atom is -0.493 e.